The summed E-state index contributed by atoms with van der Waals surface area (Å²) in [7, 11) is 0. The summed E-state index contributed by atoms with van der Waals surface area (Å²) in [6, 6.07) is 4.54. The Kier molecular flexibility index (Phi) is 6.19. The highest BCUT2D eigenvalue weighted by Crippen LogP contribution is 2.34. The van der Waals surface area contributed by atoms with Gasteiger partial charge in [0.15, 0.2) is 5.17 Å². The largest absolute Gasteiger partial charge is 0.415 e. The number of carbonyl (C=O) groups is 2. The Morgan fingerprint density at radius 1 is 1.12 bits per heavy atom. The lowest BCUT2D eigenvalue weighted by Crippen LogP contribution is -2.36. The molecule has 4 aliphatic rings. The highest BCUT2D eigenvalue weighted by atomic mass is 32.2. The zero-order chi connectivity index (χ0) is 22.1. The SMILES string of the molecule is O=C1N=C(N2CC[C@H](N3CCCC3)C2)S/C1=C\c1ccc(F)cc1OC(=O)N1CCCC1. The molecule has 32 heavy (non-hydrogen) atoms. The molecule has 3 saturated heterocycles. The standard InChI is InChI=1S/C23H27FN4O3S/c24-17-6-5-16(19(14-17)31-23(30)27-10-3-4-11-27)13-20-21(29)25-22(32-20)28-12-7-18(15-28)26-8-1-2-9-26/h5-6,13-14,18H,1-4,7-12,15H2/b20-13-/t18-/m0/s1. The number of amidine groups is 1. The topological polar surface area (TPSA) is 65.5 Å². The van der Waals surface area contributed by atoms with Gasteiger partial charge in [0.25, 0.3) is 5.91 Å². The Morgan fingerprint density at radius 3 is 2.66 bits per heavy atom. The molecule has 3 fully saturated rings. The van der Waals surface area contributed by atoms with Gasteiger partial charge in [0, 0.05) is 43.9 Å². The van der Waals surface area contributed by atoms with Crippen LogP contribution in [0.4, 0.5) is 9.18 Å². The van der Waals surface area contributed by atoms with E-state index in [9.17, 15) is 14.0 Å². The first-order valence-corrected chi connectivity index (χ1v) is 12.2. The second-order valence-electron chi connectivity index (χ2n) is 8.69. The fraction of sp³-hybridized carbons (Fsp3) is 0.522. The molecule has 4 heterocycles. The summed E-state index contributed by atoms with van der Waals surface area (Å²) < 4.78 is 19.3. The lowest BCUT2D eigenvalue weighted by molar-refractivity contribution is -0.113. The second kappa shape index (κ2) is 9.23. The number of thioether (sulfide) groups is 1. The van der Waals surface area contributed by atoms with Gasteiger partial charge in [-0.25, -0.2) is 9.18 Å². The van der Waals surface area contributed by atoms with E-state index in [1.807, 2.05) is 0 Å². The maximum absolute atomic E-state index is 13.9. The number of aliphatic imine (C=N–C) groups is 1. The number of hydrogen-bond acceptors (Lipinski definition) is 6. The Bertz CT molecular complexity index is 970. The average Bonchev–Trinajstić information content (AvgIpc) is 3.57. The normalized spacial score (nSPS) is 25.3. The molecule has 0 aromatic heterocycles. The van der Waals surface area contributed by atoms with Gasteiger partial charge in [0.05, 0.1) is 4.91 Å². The van der Waals surface area contributed by atoms with Gasteiger partial charge in [-0.05, 0) is 75.2 Å². The molecule has 4 aliphatic heterocycles. The number of hydrogen-bond donors (Lipinski definition) is 0. The molecule has 1 atom stereocenters. The summed E-state index contributed by atoms with van der Waals surface area (Å²) in [5.41, 5.74) is 0.489. The van der Waals surface area contributed by atoms with Crippen LogP contribution in [0.5, 0.6) is 5.75 Å². The van der Waals surface area contributed by atoms with Gasteiger partial charge in [-0.2, -0.15) is 4.99 Å². The summed E-state index contributed by atoms with van der Waals surface area (Å²) in [5.74, 6) is -0.689. The Labute approximate surface area is 191 Å². The first-order valence-electron chi connectivity index (χ1n) is 11.3. The van der Waals surface area contributed by atoms with Crippen molar-refractivity contribution in [1.82, 2.24) is 14.7 Å². The van der Waals surface area contributed by atoms with Crippen LogP contribution in [0, 0.1) is 5.82 Å². The Hall–Kier alpha value is -2.39. The number of amides is 2. The van der Waals surface area contributed by atoms with E-state index >= 15 is 0 Å². The quantitative estimate of drug-likeness (QED) is 0.646. The van der Waals surface area contributed by atoms with Crippen molar-refractivity contribution in [2.75, 3.05) is 39.3 Å². The molecule has 0 saturated carbocycles. The molecule has 0 bridgehead atoms. The summed E-state index contributed by atoms with van der Waals surface area (Å²) in [4.78, 5) is 36.1. The summed E-state index contributed by atoms with van der Waals surface area (Å²) in [5, 5.41) is 0.723. The third kappa shape index (κ3) is 4.54. The van der Waals surface area contributed by atoms with Crippen LogP contribution in [0.2, 0.25) is 0 Å². The van der Waals surface area contributed by atoms with E-state index in [1.165, 1.54) is 42.8 Å². The fourth-order valence-corrected chi connectivity index (χ4v) is 5.71. The minimum absolute atomic E-state index is 0.117. The van der Waals surface area contributed by atoms with Crippen LogP contribution < -0.4 is 4.74 Å². The van der Waals surface area contributed by atoms with Crippen LogP contribution in [0.1, 0.15) is 37.7 Å². The lowest BCUT2D eigenvalue weighted by atomic mass is 10.2. The molecule has 1 aromatic carbocycles. The second-order valence-corrected chi connectivity index (χ2v) is 9.70. The van der Waals surface area contributed by atoms with Crippen molar-refractivity contribution >= 4 is 35.0 Å². The number of ether oxygens (including phenoxy) is 1. The van der Waals surface area contributed by atoms with E-state index in [1.54, 1.807) is 11.0 Å². The van der Waals surface area contributed by atoms with Crippen LogP contribution in [-0.2, 0) is 4.79 Å². The van der Waals surface area contributed by atoms with Crippen molar-refractivity contribution in [2.24, 2.45) is 4.99 Å². The van der Waals surface area contributed by atoms with Gasteiger partial charge in [0.1, 0.15) is 11.6 Å². The number of rotatable bonds is 3. The van der Waals surface area contributed by atoms with Crippen molar-refractivity contribution in [3.05, 3.63) is 34.5 Å². The number of benzene rings is 1. The number of likely N-dealkylation sites (tertiary alicyclic amines) is 3. The van der Waals surface area contributed by atoms with Crippen LogP contribution in [0.25, 0.3) is 6.08 Å². The van der Waals surface area contributed by atoms with Gasteiger partial charge in [-0.15, -0.1) is 0 Å². The lowest BCUT2D eigenvalue weighted by Gasteiger charge is -2.23. The predicted molar refractivity (Wildman–Crippen MR) is 122 cm³/mol. The number of nitrogens with zero attached hydrogens (tertiary/aromatic N) is 4. The Balaban J connectivity index is 1.28. The number of halogens is 1. The molecule has 0 N–H and O–H groups in total. The van der Waals surface area contributed by atoms with Crippen molar-refractivity contribution in [3.8, 4) is 5.75 Å². The van der Waals surface area contributed by atoms with Crippen LogP contribution in [0.3, 0.4) is 0 Å². The van der Waals surface area contributed by atoms with E-state index in [-0.39, 0.29) is 11.7 Å². The molecule has 0 radical (unpaired) electrons. The highest BCUT2D eigenvalue weighted by molar-refractivity contribution is 8.18. The molecule has 1 aromatic rings. The van der Waals surface area contributed by atoms with Crippen molar-refractivity contribution < 1.29 is 18.7 Å². The third-order valence-electron chi connectivity index (χ3n) is 6.52. The minimum Gasteiger partial charge on any atom is -0.409 e. The van der Waals surface area contributed by atoms with Crippen LogP contribution in [-0.4, -0.2) is 77.2 Å². The maximum atomic E-state index is 13.9. The first-order chi connectivity index (χ1) is 15.6. The van der Waals surface area contributed by atoms with E-state index in [0.717, 1.165) is 50.6 Å². The molecular formula is C23H27FN4O3S. The fourth-order valence-electron chi connectivity index (χ4n) is 4.77. The van der Waals surface area contributed by atoms with Gasteiger partial charge in [-0.1, -0.05) is 0 Å². The molecule has 5 rings (SSSR count). The highest BCUT2D eigenvalue weighted by Gasteiger charge is 2.34. The zero-order valence-corrected chi connectivity index (χ0v) is 18.8. The summed E-state index contributed by atoms with van der Waals surface area (Å²) in [6.07, 6.45) is 6.65. The van der Waals surface area contributed by atoms with Gasteiger partial charge >= 0.3 is 6.09 Å². The molecule has 9 heteroatoms. The zero-order valence-electron chi connectivity index (χ0n) is 18.0. The Morgan fingerprint density at radius 2 is 1.88 bits per heavy atom. The molecule has 7 nitrogen and oxygen atoms in total. The molecule has 170 valence electrons. The van der Waals surface area contributed by atoms with Gasteiger partial charge in [-0.3, -0.25) is 9.69 Å². The van der Waals surface area contributed by atoms with E-state index in [0.29, 0.717) is 29.6 Å². The molecule has 2 amide bonds. The molecule has 0 aliphatic carbocycles. The molecule has 0 spiro atoms. The first kappa shape index (κ1) is 21.5. The van der Waals surface area contributed by atoms with E-state index < -0.39 is 11.9 Å². The molecular weight excluding hydrogens is 431 g/mol. The monoisotopic (exact) mass is 458 g/mol. The van der Waals surface area contributed by atoms with E-state index in [2.05, 4.69) is 14.8 Å². The van der Waals surface area contributed by atoms with Crippen molar-refractivity contribution in [1.29, 1.82) is 0 Å². The third-order valence-corrected chi connectivity index (χ3v) is 7.57. The van der Waals surface area contributed by atoms with Gasteiger partial charge < -0.3 is 14.5 Å². The minimum atomic E-state index is -0.497. The average molecular weight is 459 g/mol. The predicted octanol–water partition coefficient (Wildman–Crippen LogP) is 3.56. The maximum Gasteiger partial charge on any atom is 0.415 e. The van der Waals surface area contributed by atoms with Gasteiger partial charge in [0.2, 0.25) is 0 Å². The smallest absolute Gasteiger partial charge is 0.409 e. The number of carbonyl (C=O) groups excluding carboxylic acids is 2. The summed E-state index contributed by atoms with van der Waals surface area (Å²) in [6.45, 7) is 5.39. The molecule has 0 unspecified atom stereocenters. The van der Waals surface area contributed by atoms with Crippen LogP contribution in [0.15, 0.2) is 28.1 Å². The summed E-state index contributed by atoms with van der Waals surface area (Å²) >= 11 is 1.34. The van der Waals surface area contributed by atoms with E-state index in [4.69, 9.17) is 4.74 Å². The van der Waals surface area contributed by atoms with Crippen molar-refractivity contribution in [3.63, 3.8) is 0 Å². The van der Waals surface area contributed by atoms with Crippen molar-refractivity contribution in [2.45, 2.75) is 38.1 Å². The van der Waals surface area contributed by atoms with Crippen LogP contribution >= 0.6 is 11.8 Å².